The average Bonchev–Trinajstić information content (AvgIpc) is 3.21. The van der Waals surface area contributed by atoms with Gasteiger partial charge < -0.3 is 4.90 Å². The van der Waals surface area contributed by atoms with Crippen LogP contribution in [0.2, 0.25) is 0 Å². The molecule has 0 atom stereocenters. The summed E-state index contributed by atoms with van der Waals surface area (Å²) in [6.07, 6.45) is 4.01. The molecule has 3 aromatic rings. The summed E-state index contributed by atoms with van der Waals surface area (Å²) >= 11 is 1.66. The van der Waals surface area contributed by atoms with Gasteiger partial charge in [0.05, 0.1) is 21.7 Å². The SMILES string of the molecule is O=C(c1cc(-c2cccs2)nc2ccccc12)N1CCN(C2CCC2)CC1. The fourth-order valence-corrected chi connectivity index (χ4v) is 4.80. The van der Waals surface area contributed by atoms with Gasteiger partial charge in [-0.15, -0.1) is 11.3 Å². The number of aromatic nitrogens is 1. The lowest BCUT2D eigenvalue weighted by Gasteiger charge is -2.43. The number of para-hydroxylation sites is 1. The molecule has 1 aromatic carbocycles. The smallest absolute Gasteiger partial charge is 0.254 e. The molecule has 0 bridgehead atoms. The summed E-state index contributed by atoms with van der Waals surface area (Å²) in [6.45, 7) is 3.63. The van der Waals surface area contributed by atoms with Gasteiger partial charge in [0.25, 0.3) is 5.91 Å². The number of fused-ring (bicyclic) bond motifs is 1. The Balaban J connectivity index is 1.45. The predicted molar refractivity (Wildman–Crippen MR) is 110 cm³/mol. The molecule has 1 aliphatic carbocycles. The summed E-state index contributed by atoms with van der Waals surface area (Å²) < 4.78 is 0. The third-order valence-electron chi connectivity index (χ3n) is 5.91. The van der Waals surface area contributed by atoms with Gasteiger partial charge in [0.15, 0.2) is 0 Å². The van der Waals surface area contributed by atoms with Gasteiger partial charge >= 0.3 is 0 Å². The van der Waals surface area contributed by atoms with E-state index in [9.17, 15) is 4.79 Å². The number of amides is 1. The largest absolute Gasteiger partial charge is 0.336 e. The molecule has 2 aliphatic rings. The molecule has 0 N–H and O–H groups in total. The standard InChI is InChI=1S/C22H23N3OS/c26-22(25-12-10-24(11-13-25)16-5-3-6-16)18-15-20(21-9-4-14-27-21)23-19-8-2-1-7-17(18)19/h1-2,4,7-9,14-16H,3,5-6,10-13H2. The van der Waals surface area contributed by atoms with Crippen molar-refractivity contribution in [2.24, 2.45) is 0 Å². The van der Waals surface area contributed by atoms with E-state index in [0.29, 0.717) is 0 Å². The van der Waals surface area contributed by atoms with E-state index in [2.05, 4.69) is 11.0 Å². The van der Waals surface area contributed by atoms with Crippen molar-refractivity contribution in [3.05, 3.63) is 53.4 Å². The molecule has 2 fully saturated rings. The molecule has 1 amide bonds. The van der Waals surface area contributed by atoms with Gasteiger partial charge in [-0.25, -0.2) is 4.98 Å². The zero-order valence-corrected chi connectivity index (χ0v) is 16.1. The fourth-order valence-electron chi connectivity index (χ4n) is 4.12. The molecular weight excluding hydrogens is 354 g/mol. The first-order valence-corrected chi connectivity index (χ1v) is 10.6. The summed E-state index contributed by atoms with van der Waals surface area (Å²) in [4.78, 5) is 23.9. The first-order valence-electron chi connectivity index (χ1n) is 9.76. The highest BCUT2D eigenvalue weighted by Gasteiger charge is 2.30. The van der Waals surface area contributed by atoms with E-state index in [1.165, 1.54) is 19.3 Å². The molecule has 1 saturated carbocycles. The third-order valence-corrected chi connectivity index (χ3v) is 6.81. The zero-order chi connectivity index (χ0) is 18.2. The lowest BCUT2D eigenvalue weighted by Crippen LogP contribution is -2.53. The maximum absolute atomic E-state index is 13.4. The normalized spacial score (nSPS) is 18.6. The van der Waals surface area contributed by atoms with Crippen LogP contribution in [0.15, 0.2) is 47.8 Å². The van der Waals surface area contributed by atoms with E-state index in [0.717, 1.165) is 59.3 Å². The molecule has 138 valence electrons. The van der Waals surface area contributed by atoms with Crippen molar-refractivity contribution in [2.45, 2.75) is 25.3 Å². The first kappa shape index (κ1) is 16.9. The molecule has 4 nitrogen and oxygen atoms in total. The monoisotopic (exact) mass is 377 g/mol. The molecule has 1 saturated heterocycles. The highest BCUT2D eigenvalue weighted by atomic mass is 32.1. The molecule has 5 heteroatoms. The van der Waals surface area contributed by atoms with Gasteiger partial charge in [0, 0.05) is 37.6 Å². The van der Waals surface area contributed by atoms with Crippen LogP contribution in [-0.2, 0) is 0 Å². The molecule has 0 unspecified atom stereocenters. The second-order valence-corrected chi connectivity index (χ2v) is 8.41. The molecule has 2 aromatic heterocycles. The Bertz CT molecular complexity index is 957. The molecule has 0 radical (unpaired) electrons. The molecule has 1 aliphatic heterocycles. The van der Waals surface area contributed by atoms with Gasteiger partial charge in [-0.05, 0) is 36.4 Å². The molecule has 5 rings (SSSR count). The predicted octanol–water partition coefficient (Wildman–Crippen LogP) is 4.27. The van der Waals surface area contributed by atoms with Crippen molar-refractivity contribution in [1.29, 1.82) is 0 Å². The van der Waals surface area contributed by atoms with Gasteiger partial charge in [0.2, 0.25) is 0 Å². The van der Waals surface area contributed by atoms with Crippen LogP contribution in [0.5, 0.6) is 0 Å². The van der Waals surface area contributed by atoms with Crippen LogP contribution in [0, 0.1) is 0 Å². The van der Waals surface area contributed by atoms with E-state index >= 15 is 0 Å². The second kappa shape index (κ2) is 7.06. The number of hydrogen-bond donors (Lipinski definition) is 0. The summed E-state index contributed by atoms with van der Waals surface area (Å²) in [5, 5.41) is 3.00. The van der Waals surface area contributed by atoms with Crippen molar-refractivity contribution < 1.29 is 4.79 Å². The molecular formula is C22H23N3OS. The van der Waals surface area contributed by atoms with Crippen LogP contribution in [0.4, 0.5) is 0 Å². The maximum atomic E-state index is 13.4. The van der Waals surface area contributed by atoms with Crippen molar-refractivity contribution in [2.75, 3.05) is 26.2 Å². The van der Waals surface area contributed by atoms with Crippen LogP contribution >= 0.6 is 11.3 Å². The summed E-state index contributed by atoms with van der Waals surface area (Å²) in [6, 6.07) is 14.8. The van der Waals surface area contributed by atoms with Crippen molar-refractivity contribution in [3.8, 4) is 10.6 Å². The number of carbonyl (C=O) groups is 1. The minimum Gasteiger partial charge on any atom is -0.336 e. The lowest BCUT2D eigenvalue weighted by atomic mass is 9.91. The highest BCUT2D eigenvalue weighted by Crippen LogP contribution is 2.29. The number of carbonyl (C=O) groups excluding carboxylic acids is 1. The van der Waals surface area contributed by atoms with Gasteiger partial charge in [0.1, 0.15) is 0 Å². The maximum Gasteiger partial charge on any atom is 0.254 e. The molecule has 3 heterocycles. The highest BCUT2D eigenvalue weighted by molar-refractivity contribution is 7.13. The zero-order valence-electron chi connectivity index (χ0n) is 15.3. The Kier molecular flexibility index (Phi) is 4.42. The van der Waals surface area contributed by atoms with Crippen molar-refractivity contribution in [1.82, 2.24) is 14.8 Å². The van der Waals surface area contributed by atoms with Crippen molar-refractivity contribution >= 4 is 28.1 Å². The minimum absolute atomic E-state index is 0.139. The number of benzene rings is 1. The fraction of sp³-hybridized carbons (Fsp3) is 0.364. The number of nitrogens with zero attached hydrogens (tertiary/aromatic N) is 3. The van der Waals surface area contributed by atoms with Crippen LogP contribution in [0.1, 0.15) is 29.6 Å². The Morgan fingerprint density at radius 1 is 1.04 bits per heavy atom. The van der Waals surface area contributed by atoms with E-state index in [4.69, 9.17) is 4.98 Å². The van der Waals surface area contributed by atoms with E-state index in [-0.39, 0.29) is 5.91 Å². The quantitative estimate of drug-likeness (QED) is 0.684. The van der Waals surface area contributed by atoms with E-state index in [1.54, 1.807) is 11.3 Å². The topological polar surface area (TPSA) is 36.4 Å². The summed E-state index contributed by atoms with van der Waals surface area (Å²) in [7, 11) is 0. The lowest BCUT2D eigenvalue weighted by molar-refractivity contribution is 0.0457. The van der Waals surface area contributed by atoms with Crippen LogP contribution in [0.3, 0.4) is 0 Å². The van der Waals surface area contributed by atoms with Crippen molar-refractivity contribution in [3.63, 3.8) is 0 Å². The molecule has 0 spiro atoms. The third kappa shape index (κ3) is 3.15. The number of hydrogen-bond acceptors (Lipinski definition) is 4. The van der Waals surface area contributed by atoms with Gasteiger partial charge in [-0.1, -0.05) is 30.7 Å². The van der Waals surface area contributed by atoms with Crippen LogP contribution in [-0.4, -0.2) is 52.9 Å². The number of rotatable bonds is 3. The summed E-state index contributed by atoms with van der Waals surface area (Å²) in [5.41, 5.74) is 2.56. The van der Waals surface area contributed by atoms with E-state index in [1.807, 2.05) is 46.7 Å². The Hall–Kier alpha value is -2.24. The Morgan fingerprint density at radius 2 is 1.85 bits per heavy atom. The van der Waals surface area contributed by atoms with Crippen LogP contribution in [0.25, 0.3) is 21.5 Å². The Morgan fingerprint density at radius 3 is 2.56 bits per heavy atom. The first-order chi connectivity index (χ1) is 13.3. The second-order valence-electron chi connectivity index (χ2n) is 7.46. The Labute approximate surface area is 163 Å². The molecule has 27 heavy (non-hydrogen) atoms. The summed E-state index contributed by atoms with van der Waals surface area (Å²) in [5.74, 6) is 0.139. The van der Waals surface area contributed by atoms with Gasteiger partial charge in [-0.2, -0.15) is 0 Å². The number of pyridine rings is 1. The van der Waals surface area contributed by atoms with Gasteiger partial charge in [-0.3, -0.25) is 9.69 Å². The number of piperazine rings is 1. The van der Waals surface area contributed by atoms with Crippen LogP contribution < -0.4 is 0 Å². The average molecular weight is 378 g/mol. The minimum atomic E-state index is 0.139. The van der Waals surface area contributed by atoms with E-state index < -0.39 is 0 Å². The number of thiophene rings is 1.